The van der Waals surface area contributed by atoms with Crippen molar-refractivity contribution in [3.8, 4) is 11.3 Å². The second-order valence-electron chi connectivity index (χ2n) is 4.64. The molecular weight excluding hydrogens is 254 g/mol. The van der Waals surface area contributed by atoms with Gasteiger partial charge in [0, 0.05) is 11.3 Å². The number of hydrogen-bond acceptors (Lipinski definition) is 4. The van der Waals surface area contributed by atoms with E-state index in [1.54, 1.807) is 6.92 Å². The first-order valence-electron chi connectivity index (χ1n) is 6.15. The van der Waals surface area contributed by atoms with Crippen LogP contribution in [0, 0.1) is 13.8 Å². The third kappa shape index (κ3) is 2.11. The molecule has 0 radical (unpaired) electrons. The van der Waals surface area contributed by atoms with Crippen LogP contribution in [0.4, 0.5) is 0 Å². The zero-order valence-electron chi connectivity index (χ0n) is 11.1. The number of nitrogens with one attached hydrogen (secondary N) is 1. The molecule has 0 aliphatic rings. The highest BCUT2D eigenvalue weighted by molar-refractivity contribution is 5.89. The van der Waals surface area contributed by atoms with Gasteiger partial charge in [0.25, 0.3) is 5.91 Å². The molecule has 2 heterocycles. The maximum absolute atomic E-state index is 11.2. The summed E-state index contributed by atoms with van der Waals surface area (Å²) in [6.07, 6.45) is 0. The van der Waals surface area contributed by atoms with Crippen LogP contribution >= 0.6 is 0 Å². The molecule has 3 N–H and O–H groups in total. The molecule has 1 aromatic carbocycles. The smallest absolute Gasteiger partial charge is 0.286 e. The van der Waals surface area contributed by atoms with Crippen LogP contribution in [0.1, 0.15) is 22.1 Å². The molecule has 0 saturated heterocycles. The summed E-state index contributed by atoms with van der Waals surface area (Å²) >= 11 is 0. The molecule has 3 aromatic rings. The van der Waals surface area contributed by atoms with E-state index < -0.39 is 5.91 Å². The van der Waals surface area contributed by atoms with Crippen molar-refractivity contribution in [3.05, 3.63) is 41.6 Å². The zero-order chi connectivity index (χ0) is 14.3. The number of nitrogens with zero attached hydrogens (tertiary/aromatic N) is 3. The highest BCUT2D eigenvalue weighted by Crippen LogP contribution is 2.22. The Balaban J connectivity index is 2.16. The van der Waals surface area contributed by atoms with Crippen LogP contribution in [0.3, 0.4) is 0 Å². The first-order chi connectivity index (χ1) is 9.52. The lowest BCUT2D eigenvalue weighted by molar-refractivity contribution is 0.0990. The summed E-state index contributed by atoms with van der Waals surface area (Å²) < 4.78 is 0. The summed E-state index contributed by atoms with van der Waals surface area (Å²) in [6.45, 7) is 3.70. The lowest BCUT2D eigenvalue weighted by Gasteiger charge is -2.04. The molecule has 0 fully saturated rings. The Morgan fingerprint density at radius 2 is 1.95 bits per heavy atom. The Labute approximate surface area is 115 Å². The normalized spacial score (nSPS) is 10.9. The number of rotatable bonds is 2. The third-order valence-electron chi connectivity index (χ3n) is 2.97. The molecule has 6 heteroatoms. The van der Waals surface area contributed by atoms with Gasteiger partial charge in [0.2, 0.25) is 5.82 Å². The number of fused-ring (bicyclic) bond motifs is 1. The number of nitrogens with two attached hydrogens (primary N) is 1. The number of primary amides is 1. The van der Waals surface area contributed by atoms with Crippen molar-refractivity contribution in [1.29, 1.82) is 0 Å². The van der Waals surface area contributed by atoms with Crippen LogP contribution in [-0.2, 0) is 0 Å². The van der Waals surface area contributed by atoms with Gasteiger partial charge in [0.1, 0.15) is 5.82 Å². The molecule has 20 heavy (non-hydrogen) atoms. The largest absolute Gasteiger partial charge is 0.363 e. The molecule has 0 spiro atoms. The number of hydrogen-bond donors (Lipinski definition) is 2. The second kappa shape index (κ2) is 4.41. The minimum atomic E-state index is -0.631. The molecule has 0 unspecified atom stereocenters. The minimum Gasteiger partial charge on any atom is -0.363 e. The van der Waals surface area contributed by atoms with Crippen molar-refractivity contribution in [2.75, 3.05) is 0 Å². The number of carbonyl (C=O) groups excluding carboxylic acids is 1. The maximum atomic E-state index is 11.2. The van der Waals surface area contributed by atoms with E-state index in [1.807, 2.05) is 31.2 Å². The van der Waals surface area contributed by atoms with Crippen molar-refractivity contribution >= 4 is 16.9 Å². The minimum absolute atomic E-state index is 0.0286. The van der Waals surface area contributed by atoms with Crippen molar-refractivity contribution in [1.82, 2.24) is 19.9 Å². The van der Waals surface area contributed by atoms with E-state index in [2.05, 4.69) is 19.9 Å². The number of aromatic amines is 1. The Bertz CT molecular complexity index is 822. The molecular formula is C14H13N5O. The van der Waals surface area contributed by atoms with Crippen LogP contribution in [0.15, 0.2) is 24.3 Å². The molecule has 0 saturated carbocycles. The molecule has 3 rings (SSSR count). The fourth-order valence-corrected chi connectivity index (χ4v) is 2.12. The summed E-state index contributed by atoms with van der Waals surface area (Å²) in [7, 11) is 0. The Kier molecular flexibility index (Phi) is 2.71. The van der Waals surface area contributed by atoms with Gasteiger partial charge in [-0.15, -0.1) is 0 Å². The first kappa shape index (κ1) is 12.3. The van der Waals surface area contributed by atoms with Crippen molar-refractivity contribution in [2.24, 2.45) is 5.73 Å². The Morgan fingerprint density at radius 3 is 2.70 bits per heavy atom. The predicted molar refractivity (Wildman–Crippen MR) is 75.1 cm³/mol. The van der Waals surface area contributed by atoms with E-state index >= 15 is 0 Å². The van der Waals surface area contributed by atoms with Crippen molar-refractivity contribution in [3.63, 3.8) is 0 Å². The number of aryl methyl sites for hydroxylation is 2. The van der Waals surface area contributed by atoms with Crippen LogP contribution in [-0.4, -0.2) is 25.8 Å². The average molecular weight is 267 g/mol. The number of H-pyrrole nitrogens is 1. The lowest BCUT2D eigenvalue weighted by atomic mass is 10.1. The first-order valence-corrected chi connectivity index (χ1v) is 6.15. The van der Waals surface area contributed by atoms with E-state index in [0.717, 1.165) is 22.4 Å². The molecule has 2 aromatic heterocycles. The van der Waals surface area contributed by atoms with Crippen LogP contribution < -0.4 is 5.73 Å². The summed E-state index contributed by atoms with van der Waals surface area (Å²) in [5.41, 5.74) is 9.32. The standard InChI is InChI=1S/C14H13N5O/c1-7-5-11(19-14(16-7)13(15)20)9-3-4-10-12(6-9)18-8(2)17-10/h3-6H,1-2H3,(H2,15,20)(H,17,18). The van der Waals surface area contributed by atoms with Crippen LogP contribution in [0.25, 0.3) is 22.3 Å². The zero-order valence-corrected chi connectivity index (χ0v) is 11.1. The lowest BCUT2D eigenvalue weighted by Crippen LogP contribution is -2.16. The van der Waals surface area contributed by atoms with Crippen LogP contribution in [0.2, 0.25) is 0 Å². The number of aromatic nitrogens is 4. The fraction of sp³-hybridized carbons (Fsp3) is 0.143. The van der Waals surface area contributed by atoms with Gasteiger partial charge in [0.15, 0.2) is 0 Å². The van der Waals surface area contributed by atoms with Gasteiger partial charge in [-0.2, -0.15) is 0 Å². The highest BCUT2D eigenvalue weighted by atomic mass is 16.1. The van der Waals surface area contributed by atoms with Gasteiger partial charge in [0.05, 0.1) is 16.7 Å². The maximum Gasteiger partial charge on any atom is 0.286 e. The average Bonchev–Trinajstić information content (AvgIpc) is 2.76. The second-order valence-corrected chi connectivity index (χ2v) is 4.64. The van der Waals surface area contributed by atoms with E-state index in [-0.39, 0.29) is 5.82 Å². The van der Waals surface area contributed by atoms with Crippen molar-refractivity contribution < 1.29 is 4.79 Å². The number of benzene rings is 1. The quantitative estimate of drug-likeness (QED) is 0.738. The summed E-state index contributed by atoms with van der Waals surface area (Å²) in [5, 5.41) is 0. The van der Waals surface area contributed by atoms with E-state index in [0.29, 0.717) is 11.4 Å². The van der Waals surface area contributed by atoms with Gasteiger partial charge in [-0.3, -0.25) is 4.79 Å². The number of imidazole rings is 1. The van der Waals surface area contributed by atoms with Gasteiger partial charge in [-0.1, -0.05) is 6.07 Å². The molecule has 0 bridgehead atoms. The third-order valence-corrected chi connectivity index (χ3v) is 2.97. The number of carbonyl (C=O) groups is 1. The van der Waals surface area contributed by atoms with E-state index in [9.17, 15) is 4.79 Å². The van der Waals surface area contributed by atoms with Crippen LogP contribution in [0.5, 0.6) is 0 Å². The summed E-state index contributed by atoms with van der Waals surface area (Å²) in [6, 6.07) is 7.59. The van der Waals surface area contributed by atoms with E-state index in [4.69, 9.17) is 5.73 Å². The van der Waals surface area contributed by atoms with Gasteiger partial charge in [-0.25, -0.2) is 15.0 Å². The van der Waals surface area contributed by atoms with Gasteiger partial charge in [-0.05, 0) is 32.0 Å². The molecule has 0 aliphatic heterocycles. The highest BCUT2D eigenvalue weighted by Gasteiger charge is 2.10. The number of amides is 1. The molecule has 6 nitrogen and oxygen atoms in total. The molecule has 100 valence electrons. The summed E-state index contributed by atoms with van der Waals surface area (Å²) in [4.78, 5) is 27.0. The Morgan fingerprint density at radius 1 is 1.15 bits per heavy atom. The van der Waals surface area contributed by atoms with E-state index in [1.165, 1.54) is 0 Å². The molecule has 0 atom stereocenters. The monoisotopic (exact) mass is 267 g/mol. The fourth-order valence-electron chi connectivity index (χ4n) is 2.12. The summed E-state index contributed by atoms with van der Waals surface area (Å²) in [5.74, 6) is 0.253. The van der Waals surface area contributed by atoms with Gasteiger partial charge >= 0.3 is 0 Å². The predicted octanol–water partition coefficient (Wildman–Crippen LogP) is 1.74. The molecule has 1 amide bonds. The SMILES string of the molecule is Cc1cc(-c2ccc3nc(C)[nH]c3c2)nc(C(N)=O)n1. The topological polar surface area (TPSA) is 97.5 Å². The molecule has 0 aliphatic carbocycles. The Hall–Kier alpha value is -2.76. The van der Waals surface area contributed by atoms with Gasteiger partial charge < -0.3 is 10.7 Å². The van der Waals surface area contributed by atoms with Crippen molar-refractivity contribution in [2.45, 2.75) is 13.8 Å².